The van der Waals surface area contributed by atoms with Gasteiger partial charge in [0.15, 0.2) is 0 Å². The Labute approximate surface area is 187 Å². The molecule has 8 heteroatoms. The third-order valence-corrected chi connectivity index (χ3v) is 6.16. The van der Waals surface area contributed by atoms with Crippen LogP contribution in [-0.2, 0) is 15.0 Å². The van der Waals surface area contributed by atoms with E-state index in [1.807, 2.05) is 19.1 Å². The van der Waals surface area contributed by atoms with Crippen molar-refractivity contribution < 1.29 is 24.9 Å². The molecule has 1 aliphatic carbocycles. The maximum atomic E-state index is 9.88. The van der Waals surface area contributed by atoms with Crippen LogP contribution < -0.4 is 5.32 Å². The highest BCUT2D eigenvalue weighted by Gasteiger charge is 2.45. The summed E-state index contributed by atoms with van der Waals surface area (Å²) in [5.74, 6) is -2.51. The predicted octanol–water partition coefficient (Wildman–Crippen LogP) is 4.66. The molecule has 1 aliphatic rings. The zero-order valence-electron chi connectivity index (χ0n) is 17.4. The van der Waals surface area contributed by atoms with E-state index < -0.39 is 11.9 Å². The highest BCUT2D eigenvalue weighted by Crippen LogP contribution is 2.48. The average Bonchev–Trinajstić information content (AvgIpc) is 2.66. The van der Waals surface area contributed by atoms with E-state index in [4.69, 9.17) is 33.4 Å². The van der Waals surface area contributed by atoms with Crippen molar-refractivity contribution in [2.75, 3.05) is 6.54 Å². The summed E-state index contributed by atoms with van der Waals surface area (Å²) in [5.41, 5.74) is 1.42. The SMILES string of the molecule is CCCC(NCC(O)CC)C1(c2ccc(Cl)c(Cl)c2)CCC1.O=C(O)C=CC(=O)O. The Bertz CT molecular complexity index is 718. The van der Waals surface area contributed by atoms with Crippen LogP contribution in [0.3, 0.4) is 0 Å². The molecule has 2 atom stereocenters. The van der Waals surface area contributed by atoms with Crippen LogP contribution in [0.2, 0.25) is 10.0 Å². The standard InChI is InChI=1S/C18H27Cl2NO.C4H4O4/c1-3-6-17(21-12-14(22)4-2)18(9-5-10-18)13-7-8-15(19)16(20)11-13;5-3(6)1-2-4(7)8/h7-8,11,14,17,21-22H,3-6,9-10,12H2,1-2H3;1-2H,(H,5,6)(H,7,8). The Morgan fingerprint density at radius 3 is 2.13 bits per heavy atom. The molecule has 30 heavy (non-hydrogen) atoms. The lowest BCUT2D eigenvalue weighted by Crippen LogP contribution is -2.54. The van der Waals surface area contributed by atoms with Gasteiger partial charge in [-0.05, 0) is 43.4 Å². The largest absolute Gasteiger partial charge is 0.478 e. The van der Waals surface area contributed by atoms with Gasteiger partial charge in [-0.2, -0.15) is 0 Å². The quantitative estimate of drug-likeness (QED) is 0.379. The molecule has 1 aromatic rings. The number of hydrogen-bond acceptors (Lipinski definition) is 4. The third-order valence-electron chi connectivity index (χ3n) is 5.42. The van der Waals surface area contributed by atoms with E-state index >= 15 is 0 Å². The molecule has 168 valence electrons. The smallest absolute Gasteiger partial charge is 0.328 e. The van der Waals surface area contributed by atoms with Gasteiger partial charge in [0.05, 0.1) is 16.1 Å². The lowest BCUT2D eigenvalue weighted by atomic mass is 9.59. The number of rotatable bonds is 10. The highest BCUT2D eigenvalue weighted by molar-refractivity contribution is 6.42. The summed E-state index contributed by atoms with van der Waals surface area (Å²) < 4.78 is 0. The zero-order valence-corrected chi connectivity index (χ0v) is 18.9. The van der Waals surface area contributed by atoms with E-state index in [1.54, 1.807) is 0 Å². The third kappa shape index (κ3) is 7.91. The molecule has 0 spiro atoms. The number of carboxylic acid groups (broad SMARTS) is 2. The van der Waals surface area contributed by atoms with Crippen molar-refractivity contribution in [2.24, 2.45) is 0 Å². The predicted molar refractivity (Wildman–Crippen MR) is 119 cm³/mol. The molecule has 0 aromatic heterocycles. The van der Waals surface area contributed by atoms with Gasteiger partial charge in [0.25, 0.3) is 0 Å². The van der Waals surface area contributed by atoms with Gasteiger partial charge in [0.1, 0.15) is 0 Å². The summed E-state index contributed by atoms with van der Waals surface area (Å²) in [7, 11) is 0. The topological polar surface area (TPSA) is 107 Å². The molecule has 1 aromatic carbocycles. The second-order valence-electron chi connectivity index (χ2n) is 7.46. The van der Waals surface area contributed by atoms with Crippen LogP contribution in [0.4, 0.5) is 0 Å². The Balaban J connectivity index is 0.000000479. The second-order valence-corrected chi connectivity index (χ2v) is 8.27. The summed E-state index contributed by atoms with van der Waals surface area (Å²) in [5, 5.41) is 30.4. The van der Waals surface area contributed by atoms with Crippen molar-refractivity contribution in [1.29, 1.82) is 0 Å². The molecule has 0 heterocycles. The van der Waals surface area contributed by atoms with Gasteiger partial charge in [0.2, 0.25) is 0 Å². The fourth-order valence-electron chi connectivity index (χ4n) is 3.63. The van der Waals surface area contributed by atoms with E-state index in [2.05, 4.69) is 18.3 Å². The molecule has 0 bridgehead atoms. The second kappa shape index (κ2) is 13.0. The minimum absolute atomic E-state index is 0.137. The van der Waals surface area contributed by atoms with Crippen LogP contribution in [0.1, 0.15) is 57.9 Å². The van der Waals surface area contributed by atoms with E-state index in [0.29, 0.717) is 34.8 Å². The van der Waals surface area contributed by atoms with E-state index in [0.717, 1.165) is 19.3 Å². The summed E-state index contributed by atoms with van der Waals surface area (Å²) in [6.07, 6.45) is 7.45. The number of aliphatic hydroxyl groups is 1. The number of halogens is 2. The molecule has 0 aliphatic heterocycles. The van der Waals surface area contributed by atoms with E-state index in [-0.39, 0.29) is 11.5 Å². The number of hydrogen-bond donors (Lipinski definition) is 4. The zero-order chi connectivity index (χ0) is 22.7. The van der Waals surface area contributed by atoms with Gasteiger partial charge >= 0.3 is 11.9 Å². The molecular weight excluding hydrogens is 429 g/mol. The minimum Gasteiger partial charge on any atom is -0.478 e. The maximum absolute atomic E-state index is 9.88. The van der Waals surface area contributed by atoms with E-state index in [1.165, 1.54) is 24.8 Å². The Morgan fingerprint density at radius 1 is 1.13 bits per heavy atom. The van der Waals surface area contributed by atoms with Crippen LogP contribution in [0.25, 0.3) is 0 Å². The number of carbonyl (C=O) groups is 2. The molecule has 1 saturated carbocycles. The summed E-state index contributed by atoms with van der Waals surface area (Å²) >= 11 is 12.3. The van der Waals surface area contributed by atoms with Crippen molar-refractivity contribution in [3.05, 3.63) is 46.0 Å². The molecule has 4 N–H and O–H groups in total. The van der Waals surface area contributed by atoms with Crippen molar-refractivity contribution in [3.8, 4) is 0 Å². The monoisotopic (exact) mass is 459 g/mol. The molecular formula is C22H31Cl2NO5. The number of benzene rings is 1. The Hall–Kier alpha value is -1.60. The fourth-order valence-corrected chi connectivity index (χ4v) is 3.93. The van der Waals surface area contributed by atoms with Crippen LogP contribution in [0.5, 0.6) is 0 Å². The van der Waals surface area contributed by atoms with Gasteiger partial charge < -0.3 is 20.6 Å². The first-order valence-corrected chi connectivity index (χ1v) is 10.9. The first-order valence-electron chi connectivity index (χ1n) is 10.2. The van der Waals surface area contributed by atoms with Crippen molar-refractivity contribution in [1.82, 2.24) is 5.32 Å². The lowest BCUT2D eigenvalue weighted by molar-refractivity contribution is -0.134. The number of aliphatic carboxylic acids is 2. The van der Waals surface area contributed by atoms with Crippen molar-refractivity contribution >= 4 is 35.1 Å². The number of carboxylic acids is 2. The molecule has 0 radical (unpaired) electrons. The lowest BCUT2D eigenvalue weighted by Gasteiger charge is -2.49. The van der Waals surface area contributed by atoms with Gasteiger partial charge in [0, 0.05) is 30.2 Å². The Kier molecular flexibility index (Phi) is 11.4. The fraction of sp³-hybridized carbons (Fsp3) is 0.545. The summed E-state index contributed by atoms with van der Waals surface area (Å²) in [6, 6.07) is 6.44. The molecule has 0 saturated heterocycles. The Morgan fingerprint density at radius 2 is 1.73 bits per heavy atom. The molecule has 6 nitrogen and oxygen atoms in total. The molecule has 1 fully saturated rings. The molecule has 2 unspecified atom stereocenters. The normalized spacial score (nSPS) is 16.8. The average molecular weight is 460 g/mol. The van der Waals surface area contributed by atoms with Crippen molar-refractivity contribution in [2.45, 2.75) is 69.9 Å². The van der Waals surface area contributed by atoms with Crippen LogP contribution >= 0.6 is 23.2 Å². The summed E-state index contributed by atoms with van der Waals surface area (Å²) in [6.45, 7) is 4.88. The van der Waals surface area contributed by atoms with Gasteiger partial charge in [-0.15, -0.1) is 0 Å². The van der Waals surface area contributed by atoms with Gasteiger partial charge in [-0.25, -0.2) is 9.59 Å². The maximum Gasteiger partial charge on any atom is 0.328 e. The number of nitrogens with one attached hydrogen (secondary N) is 1. The van der Waals surface area contributed by atoms with Crippen LogP contribution in [-0.4, -0.2) is 45.9 Å². The summed E-state index contributed by atoms with van der Waals surface area (Å²) in [4.78, 5) is 19.1. The van der Waals surface area contributed by atoms with Crippen LogP contribution in [0, 0.1) is 0 Å². The van der Waals surface area contributed by atoms with Crippen LogP contribution in [0.15, 0.2) is 30.4 Å². The minimum atomic E-state index is -1.26. The van der Waals surface area contributed by atoms with Gasteiger partial charge in [-0.3, -0.25) is 0 Å². The molecule has 2 rings (SSSR count). The van der Waals surface area contributed by atoms with Crippen molar-refractivity contribution in [3.63, 3.8) is 0 Å². The first-order chi connectivity index (χ1) is 14.2. The highest BCUT2D eigenvalue weighted by atomic mass is 35.5. The van der Waals surface area contributed by atoms with Gasteiger partial charge in [-0.1, -0.05) is 56.0 Å². The van der Waals surface area contributed by atoms with E-state index in [9.17, 15) is 14.7 Å². The number of aliphatic hydroxyl groups excluding tert-OH is 1. The molecule has 0 amide bonds. The first kappa shape index (κ1) is 26.4.